The maximum absolute atomic E-state index is 2.90. The molecule has 0 saturated carbocycles. The number of hydrogen-bond donors (Lipinski definition) is 0. The molecule has 0 radical (unpaired) electrons. The summed E-state index contributed by atoms with van der Waals surface area (Å²) in [6, 6.07) is 26.0. The second kappa shape index (κ2) is 8.98. The van der Waals surface area contributed by atoms with Gasteiger partial charge in [0.1, 0.15) is 0 Å². The summed E-state index contributed by atoms with van der Waals surface area (Å²) < 4.78 is 0. The van der Waals surface area contributed by atoms with Crippen LogP contribution in [0.4, 0.5) is 0 Å². The van der Waals surface area contributed by atoms with Gasteiger partial charge in [-0.25, -0.2) is 0 Å². The van der Waals surface area contributed by atoms with E-state index in [2.05, 4.69) is 91.3 Å². The zero-order chi connectivity index (χ0) is 15.1. The van der Waals surface area contributed by atoms with Crippen LogP contribution >= 0.6 is 18.5 Å². The van der Waals surface area contributed by atoms with Gasteiger partial charge in [0.15, 0.2) is 0 Å². The SMILES string of the molecule is O.O.Pc1ccc2ccccc2c1-c1c(P)ccc2ccccc12.[Pd]. The van der Waals surface area contributed by atoms with Gasteiger partial charge in [0.05, 0.1) is 0 Å². The maximum atomic E-state index is 2.90. The third-order valence-corrected chi connectivity index (χ3v) is 5.13. The van der Waals surface area contributed by atoms with Crippen molar-refractivity contribution in [3.05, 3.63) is 72.8 Å². The molecule has 4 aromatic carbocycles. The number of hydrogen-bond acceptors (Lipinski definition) is 0. The maximum Gasteiger partial charge on any atom is 0 e. The summed E-state index contributed by atoms with van der Waals surface area (Å²) in [5.74, 6) is 0. The molecule has 132 valence electrons. The number of fused-ring (bicyclic) bond motifs is 2. The molecule has 4 aromatic rings. The number of rotatable bonds is 1. The molecule has 0 heterocycles. The molecule has 0 spiro atoms. The molecular weight excluding hydrogens is 441 g/mol. The minimum absolute atomic E-state index is 0. The molecule has 0 aliphatic carbocycles. The molecule has 2 unspecified atom stereocenters. The van der Waals surface area contributed by atoms with E-state index in [4.69, 9.17) is 0 Å². The van der Waals surface area contributed by atoms with Gasteiger partial charge in [-0.15, -0.1) is 18.5 Å². The first-order chi connectivity index (χ1) is 10.8. The fraction of sp³-hybridized carbons (Fsp3) is 0. The molecule has 5 heteroatoms. The van der Waals surface area contributed by atoms with Crippen molar-refractivity contribution in [1.82, 2.24) is 0 Å². The molecule has 25 heavy (non-hydrogen) atoms. The van der Waals surface area contributed by atoms with Crippen molar-refractivity contribution in [3.63, 3.8) is 0 Å². The fourth-order valence-corrected chi connectivity index (χ4v) is 3.93. The Hall–Kier alpha value is -1.16. The fourth-order valence-electron chi connectivity index (χ4n) is 3.13. The first-order valence-electron chi connectivity index (χ1n) is 7.30. The average Bonchev–Trinajstić information content (AvgIpc) is 2.56. The Balaban J connectivity index is 0.00000104. The first-order valence-corrected chi connectivity index (χ1v) is 8.46. The molecule has 2 atom stereocenters. The smallest absolute Gasteiger partial charge is 0 e. The summed E-state index contributed by atoms with van der Waals surface area (Å²) in [7, 11) is 5.79. The van der Waals surface area contributed by atoms with E-state index in [0.29, 0.717) is 0 Å². The summed E-state index contributed by atoms with van der Waals surface area (Å²) in [5.41, 5.74) is 2.62. The van der Waals surface area contributed by atoms with Crippen LogP contribution in [0.5, 0.6) is 0 Å². The van der Waals surface area contributed by atoms with Crippen LogP contribution in [0.15, 0.2) is 72.8 Å². The Morgan fingerprint density at radius 3 is 1.24 bits per heavy atom. The van der Waals surface area contributed by atoms with Crippen molar-refractivity contribution in [2.45, 2.75) is 0 Å². The summed E-state index contributed by atoms with van der Waals surface area (Å²) in [6.45, 7) is 0. The predicted molar refractivity (Wildman–Crippen MR) is 113 cm³/mol. The monoisotopic (exact) mass is 460 g/mol. The molecule has 0 fully saturated rings. The molecule has 0 aromatic heterocycles. The van der Waals surface area contributed by atoms with Crippen molar-refractivity contribution in [2.75, 3.05) is 0 Å². The van der Waals surface area contributed by atoms with Crippen LogP contribution in [0.25, 0.3) is 32.7 Å². The standard InChI is InChI=1S/C20H16P2.2H2O.Pd/c21-17-11-9-13-5-1-3-7-15(13)19(17)20-16-8-4-2-6-14(16)10-12-18(20)22;;;/h1-12H,21-22H2;2*1H2;. The van der Waals surface area contributed by atoms with E-state index in [1.807, 2.05) is 0 Å². The van der Waals surface area contributed by atoms with Gasteiger partial charge in [0.2, 0.25) is 0 Å². The average molecular weight is 461 g/mol. The second-order valence-corrected chi connectivity index (χ2v) is 6.75. The molecule has 2 nitrogen and oxygen atoms in total. The van der Waals surface area contributed by atoms with Crippen molar-refractivity contribution >= 4 is 50.6 Å². The molecule has 4 N–H and O–H groups in total. The van der Waals surface area contributed by atoms with Gasteiger partial charge < -0.3 is 11.0 Å². The summed E-state index contributed by atoms with van der Waals surface area (Å²) in [4.78, 5) is 0. The predicted octanol–water partition coefficient (Wildman–Crippen LogP) is 3.01. The van der Waals surface area contributed by atoms with E-state index in [0.717, 1.165) is 0 Å². The molecule has 0 aliphatic heterocycles. The first kappa shape index (κ1) is 21.9. The largest absolute Gasteiger partial charge is 0.412 e. The van der Waals surface area contributed by atoms with Crippen molar-refractivity contribution in [2.24, 2.45) is 0 Å². The Bertz CT molecular complexity index is 936. The van der Waals surface area contributed by atoms with Crippen molar-refractivity contribution in [3.8, 4) is 11.1 Å². The Morgan fingerprint density at radius 1 is 0.480 bits per heavy atom. The molecule has 4 rings (SSSR count). The van der Waals surface area contributed by atoms with Crippen LogP contribution in [-0.4, -0.2) is 11.0 Å². The Kier molecular flexibility index (Phi) is 7.86. The normalized spacial score (nSPS) is 9.84. The van der Waals surface area contributed by atoms with Crippen molar-refractivity contribution < 1.29 is 31.4 Å². The summed E-state index contributed by atoms with van der Waals surface area (Å²) >= 11 is 0. The van der Waals surface area contributed by atoms with Crippen LogP contribution in [0.3, 0.4) is 0 Å². The molecule has 0 bridgehead atoms. The van der Waals surface area contributed by atoms with E-state index >= 15 is 0 Å². The van der Waals surface area contributed by atoms with Crippen LogP contribution in [-0.2, 0) is 20.4 Å². The van der Waals surface area contributed by atoms with Gasteiger partial charge >= 0.3 is 0 Å². The van der Waals surface area contributed by atoms with Gasteiger partial charge in [-0.05, 0) is 43.3 Å². The molecule has 0 aliphatic rings. The van der Waals surface area contributed by atoms with Crippen LogP contribution in [0.2, 0.25) is 0 Å². The molecule has 0 amide bonds. The van der Waals surface area contributed by atoms with Crippen LogP contribution in [0, 0.1) is 0 Å². The Morgan fingerprint density at radius 2 is 0.840 bits per heavy atom. The van der Waals surface area contributed by atoms with Gasteiger partial charge in [-0.3, -0.25) is 0 Å². The van der Waals surface area contributed by atoms with Gasteiger partial charge in [0.25, 0.3) is 0 Å². The zero-order valence-corrected chi connectivity index (χ0v) is 17.3. The molecule has 0 saturated heterocycles. The van der Waals surface area contributed by atoms with Gasteiger partial charge in [-0.1, -0.05) is 72.8 Å². The van der Waals surface area contributed by atoms with Crippen molar-refractivity contribution in [1.29, 1.82) is 0 Å². The third-order valence-electron chi connectivity index (χ3n) is 4.17. The van der Waals surface area contributed by atoms with E-state index in [1.165, 1.54) is 43.3 Å². The zero-order valence-electron chi connectivity index (χ0n) is 13.4. The second-order valence-electron chi connectivity index (χ2n) is 5.50. The minimum atomic E-state index is 0. The van der Waals surface area contributed by atoms with E-state index < -0.39 is 0 Å². The molecular formula is C20H20O2P2Pd. The summed E-state index contributed by atoms with van der Waals surface area (Å²) in [5, 5.41) is 7.63. The van der Waals surface area contributed by atoms with Gasteiger partial charge in [-0.2, -0.15) is 0 Å². The quantitative estimate of drug-likeness (QED) is 0.310. The van der Waals surface area contributed by atoms with Gasteiger partial charge in [0, 0.05) is 20.4 Å². The summed E-state index contributed by atoms with van der Waals surface area (Å²) in [6.07, 6.45) is 0. The van der Waals surface area contributed by atoms with E-state index in [-0.39, 0.29) is 31.4 Å². The van der Waals surface area contributed by atoms with E-state index in [9.17, 15) is 0 Å². The topological polar surface area (TPSA) is 63.0 Å². The van der Waals surface area contributed by atoms with E-state index in [1.54, 1.807) is 0 Å². The minimum Gasteiger partial charge on any atom is -0.412 e. The number of benzene rings is 4. The Labute approximate surface area is 165 Å². The van der Waals surface area contributed by atoms with Crippen LogP contribution < -0.4 is 10.6 Å². The third kappa shape index (κ3) is 3.84. The van der Waals surface area contributed by atoms with Crippen LogP contribution in [0.1, 0.15) is 0 Å².